The first-order valence-electron chi connectivity index (χ1n) is 11.8. The molecule has 0 radical (unpaired) electrons. The van der Waals surface area contributed by atoms with Crippen LogP contribution in [0.25, 0.3) is 16.6 Å². The normalized spacial score (nSPS) is 14.8. The fourth-order valence-electron chi connectivity index (χ4n) is 4.62. The van der Waals surface area contributed by atoms with Crippen molar-refractivity contribution in [3.8, 4) is 5.69 Å². The number of aryl methyl sites for hydroxylation is 2. The van der Waals surface area contributed by atoms with Crippen molar-refractivity contribution in [3.63, 3.8) is 0 Å². The molecule has 3 aromatic rings. The molecule has 1 aromatic heterocycles. The van der Waals surface area contributed by atoms with Gasteiger partial charge in [-0.3, -0.25) is 14.2 Å². The van der Waals surface area contributed by atoms with E-state index < -0.39 is 0 Å². The molecule has 0 saturated heterocycles. The van der Waals surface area contributed by atoms with E-state index in [2.05, 4.69) is 6.07 Å². The highest BCUT2D eigenvalue weighted by molar-refractivity contribution is 5.81. The van der Waals surface area contributed by atoms with Crippen molar-refractivity contribution >= 4 is 16.8 Å². The molecule has 0 spiro atoms. The van der Waals surface area contributed by atoms with Crippen LogP contribution < -0.4 is 5.56 Å². The second-order valence-corrected chi connectivity index (χ2v) is 9.10. The highest BCUT2D eigenvalue weighted by Gasteiger charge is 2.34. The second-order valence-electron chi connectivity index (χ2n) is 9.10. The number of methoxy groups -OCH3 is 1. The van der Waals surface area contributed by atoms with E-state index in [-0.39, 0.29) is 23.4 Å². The van der Waals surface area contributed by atoms with Crippen LogP contribution in [-0.2, 0) is 9.53 Å². The average Bonchev–Trinajstić information content (AvgIpc) is 2.76. The summed E-state index contributed by atoms with van der Waals surface area (Å²) in [6, 6.07) is 13.1. The number of ether oxygens (including phenoxy) is 1. The number of fused-ring (bicyclic) bond motifs is 1. The molecule has 33 heavy (non-hydrogen) atoms. The summed E-state index contributed by atoms with van der Waals surface area (Å²) in [5.74, 6) is 0.812. The van der Waals surface area contributed by atoms with E-state index in [0.29, 0.717) is 29.9 Å². The van der Waals surface area contributed by atoms with Crippen molar-refractivity contribution in [3.05, 3.63) is 69.8 Å². The Kier molecular flexibility index (Phi) is 6.94. The van der Waals surface area contributed by atoms with Gasteiger partial charge in [-0.2, -0.15) is 0 Å². The molecule has 1 unspecified atom stereocenters. The molecule has 1 heterocycles. The van der Waals surface area contributed by atoms with Crippen LogP contribution in [-0.4, -0.2) is 40.6 Å². The lowest BCUT2D eigenvalue weighted by Crippen LogP contribution is -2.43. The maximum absolute atomic E-state index is 13.7. The van der Waals surface area contributed by atoms with Crippen LogP contribution >= 0.6 is 0 Å². The zero-order valence-corrected chi connectivity index (χ0v) is 20.0. The SMILES string of the molecule is COCCCN(C(=O)C1CCC1)C(C)c1nc2ccccc2c(=O)n1-c1ccc(C)cc1C. The fourth-order valence-corrected chi connectivity index (χ4v) is 4.62. The summed E-state index contributed by atoms with van der Waals surface area (Å²) >= 11 is 0. The lowest BCUT2D eigenvalue weighted by Gasteiger charge is -2.36. The third-order valence-corrected chi connectivity index (χ3v) is 6.72. The summed E-state index contributed by atoms with van der Waals surface area (Å²) in [5, 5.41) is 0.574. The first-order chi connectivity index (χ1) is 15.9. The fraction of sp³-hybridized carbons (Fsp3) is 0.444. The van der Waals surface area contributed by atoms with Crippen LogP contribution in [0.2, 0.25) is 0 Å². The molecule has 6 nitrogen and oxygen atoms in total. The van der Waals surface area contributed by atoms with Gasteiger partial charge in [0.1, 0.15) is 5.82 Å². The molecule has 0 aliphatic heterocycles. The molecule has 1 atom stereocenters. The number of carbonyl (C=O) groups excluding carboxylic acids is 1. The van der Waals surface area contributed by atoms with Crippen LogP contribution in [0.15, 0.2) is 47.3 Å². The minimum absolute atomic E-state index is 0.0664. The number of carbonyl (C=O) groups is 1. The van der Waals surface area contributed by atoms with Crippen LogP contribution in [0.1, 0.15) is 55.6 Å². The Morgan fingerprint density at radius 3 is 2.64 bits per heavy atom. The van der Waals surface area contributed by atoms with E-state index in [4.69, 9.17) is 9.72 Å². The van der Waals surface area contributed by atoms with E-state index in [1.54, 1.807) is 11.7 Å². The Labute approximate surface area is 195 Å². The topological polar surface area (TPSA) is 64.4 Å². The summed E-state index contributed by atoms with van der Waals surface area (Å²) in [7, 11) is 1.67. The molecular formula is C27H33N3O3. The molecule has 1 saturated carbocycles. The molecular weight excluding hydrogens is 414 g/mol. The Bertz CT molecular complexity index is 1210. The molecule has 1 aliphatic rings. The van der Waals surface area contributed by atoms with Gasteiger partial charge in [0.05, 0.1) is 22.6 Å². The first kappa shape index (κ1) is 23.2. The van der Waals surface area contributed by atoms with Gasteiger partial charge < -0.3 is 9.64 Å². The van der Waals surface area contributed by atoms with E-state index in [9.17, 15) is 9.59 Å². The number of benzene rings is 2. The van der Waals surface area contributed by atoms with Crippen molar-refractivity contribution in [1.29, 1.82) is 0 Å². The largest absolute Gasteiger partial charge is 0.385 e. The number of amides is 1. The molecule has 4 rings (SSSR count). The van der Waals surface area contributed by atoms with Gasteiger partial charge in [-0.15, -0.1) is 0 Å². The van der Waals surface area contributed by atoms with Gasteiger partial charge in [0, 0.05) is 26.2 Å². The quantitative estimate of drug-likeness (QED) is 0.469. The summed E-state index contributed by atoms with van der Waals surface area (Å²) in [6.45, 7) is 7.18. The van der Waals surface area contributed by atoms with Crippen molar-refractivity contribution in [2.45, 2.75) is 52.5 Å². The van der Waals surface area contributed by atoms with Crippen molar-refractivity contribution in [2.24, 2.45) is 5.92 Å². The van der Waals surface area contributed by atoms with E-state index in [1.807, 2.05) is 62.1 Å². The number of hydrogen-bond acceptors (Lipinski definition) is 4. The van der Waals surface area contributed by atoms with Crippen LogP contribution in [0.5, 0.6) is 0 Å². The molecule has 6 heteroatoms. The zero-order chi connectivity index (χ0) is 23.5. The smallest absolute Gasteiger partial charge is 0.266 e. The predicted molar refractivity (Wildman–Crippen MR) is 131 cm³/mol. The van der Waals surface area contributed by atoms with E-state index in [1.165, 1.54) is 0 Å². The third kappa shape index (κ3) is 4.58. The summed E-state index contributed by atoms with van der Waals surface area (Å²) < 4.78 is 6.95. The zero-order valence-electron chi connectivity index (χ0n) is 20.0. The minimum Gasteiger partial charge on any atom is -0.385 e. The van der Waals surface area contributed by atoms with Crippen molar-refractivity contribution in [1.82, 2.24) is 14.5 Å². The van der Waals surface area contributed by atoms with Crippen molar-refractivity contribution in [2.75, 3.05) is 20.3 Å². The highest BCUT2D eigenvalue weighted by atomic mass is 16.5. The minimum atomic E-state index is -0.354. The second kappa shape index (κ2) is 9.87. The molecule has 0 N–H and O–H groups in total. The molecule has 2 aromatic carbocycles. The molecule has 1 aliphatic carbocycles. The van der Waals surface area contributed by atoms with Crippen LogP contribution in [0.4, 0.5) is 0 Å². The Hall–Kier alpha value is -2.99. The number of aromatic nitrogens is 2. The van der Waals surface area contributed by atoms with Crippen molar-refractivity contribution < 1.29 is 9.53 Å². The van der Waals surface area contributed by atoms with Crippen LogP contribution in [0, 0.1) is 19.8 Å². The van der Waals surface area contributed by atoms with Gasteiger partial charge in [-0.25, -0.2) is 4.98 Å². The predicted octanol–water partition coefficient (Wildman–Crippen LogP) is 4.73. The summed E-state index contributed by atoms with van der Waals surface area (Å²) in [4.78, 5) is 34.0. The standard InChI is InChI=1S/C27H33N3O3/c1-18-13-14-24(19(2)17-18)30-25(28-23-12-6-5-11-22(23)27(30)32)20(3)29(15-8-16-33-4)26(31)21-9-7-10-21/h5-6,11-14,17,20-21H,7-10,15-16H2,1-4H3. The maximum Gasteiger partial charge on any atom is 0.266 e. The molecule has 174 valence electrons. The number of rotatable bonds is 8. The number of nitrogens with zero attached hydrogens (tertiary/aromatic N) is 3. The van der Waals surface area contributed by atoms with Gasteiger partial charge in [0.2, 0.25) is 5.91 Å². The average molecular weight is 448 g/mol. The lowest BCUT2D eigenvalue weighted by molar-refractivity contribution is -0.140. The number of hydrogen-bond donors (Lipinski definition) is 0. The molecule has 1 fully saturated rings. The Balaban J connectivity index is 1.88. The maximum atomic E-state index is 13.7. The monoisotopic (exact) mass is 447 g/mol. The Morgan fingerprint density at radius 1 is 1.21 bits per heavy atom. The third-order valence-electron chi connectivity index (χ3n) is 6.72. The van der Waals surface area contributed by atoms with Gasteiger partial charge in [0.25, 0.3) is 5.56 Å². The van der Waals surface area contributed by atoms with E-state index >= 15 is 0 Å². The van der Waals surface area contributed by atoms with E-state index in [0.717, 1.165) is 42.5 Å². The van der Waals surface area contributed by atoms with Gasteiger partial charge in [-0.1, -0.05) is 36.2 Å². The van der Waals surface area contributed by atoms with Crippen LogP contribution in [0.3, 0.4) is 0 Å². The lowest BCUT2D eigenvalue weighted by atomic mass is 9.84. The van der Waals surface area contributed by atoms with Gasteiger partial charge in [0.15, 0.2) is 0 Å². The highest BCUT2D eigenvalue weighted by Crippen LogP contribution is 2.32. The molecule has 1 amide bonds. The molecule has 0 bridgehead atoms. The van der Waals surface area contributed by atoms with Gasteiger partial charge in [-0.05, 0) is 63.8 Å². The summed E-state index contributed by atoms with van der Waals surface area (Å²) in [6.07, 6.45) is 3.70. The summed E-state index contributed by atoms with van der Waals surface area (Å²) in [5.41, 5.74) is 3.48. The Morgan fingerprint density at radius 2 is 1.97 bits per heavy atom. The first-order valence-corrected chi connectivity index (χ1v) is 11.8. The number of para-hydroxylation sites is 1. The van der Waals surface area contributed by atoms with Gasteiger partial charge >= 0.3 is 0 Å².